The number of benzene rings is 1. The molecule has 0 aliphatic carbocycles. The zero-order chi connectivity index (χ0) is 15.2. The number of hydrogen-bond donors (Lipinski definition) is 0. The van der Waals surface area contributed by atoms with Gasteiger partial charge in [0.1, 0.15) is 0 Å². The van der Waals surface area contributed by atoms with Crippen LogP contribution in [0.1, 0.15) is 31.4 Å². The van der Waals surface area contributed by atoms with Crippen LogP contribution < -0.4 is 0 Å². The molecule has 0 heterocycles. The largest absolute Gasteiger partial charge is 0.353 e. The smallest absolute Gasteiger partial charge is 0.178 e. The Morgan fingerprint density at radius 1 is 1.10 bits per heavy atom. The lowest BCUT2D eigenvalue weighted by atomic mass is 10.2. The third-order valence-electron chi connectivity index (χ3n) is 3.01. The summed E-state index contributed by atoms with van der Waals surface area (Å²) in [5.74, 6) is 0.0297. The molecule has 0 saturated carbocycles. The molecule has 114 valence electrons. The first-order valence-corrected chi connectivity index (χ1v) is 8.59. The van der Waals surface area contributed by atoms with Gasteiger partial charge in [-0.15, -0.1) is 0 Å². The van der Waals surface area contributed by atoms with Crippen LogP contribution in [0.2, 0.25) is 0 Å². The summed E-state index contributed by atoms with van der Waals surface area (Å²) in [4.78, 5) is 0.407. The van der Waals surface area contributed by atoms with Gasteiger partial charge in [-0.25, -0.2) is 8.42 Å². The molecule has 0 aromatic heterocycles. The number of sulfone groups is 1. The summed E-state index contributed by atoms with van der Waals surface area (Å²) in [5.41, 5.74) is 1.72. The highest BCUT2D eigenvalue weighted by atomic mass is 32.2. The van der Waals surface area contributed by atoms with Crippen molar-refractivity contribution in [2.24, 2.45) is 0 Å². The van der Waals surface area contributed by atoms with Gasteiger partial charge in [-0.2, -0.15) is 0 Å². The van der Waals surface area contributed by atoms with E-state index in [0.29, 0.717) is 24.5 Å². The average molecular weight is 300 g/mol. The summed E-state index contributed by atoms with van der Waals surface area (Å²) < 4.78 is 35.6. The molecule has 0 fully saturated rings. The molecular formula is C15H24O4S. The fraction of sp³-hybridized carbons (Fsp3) is 0.600. The number of aryl methyl sites for hydroxylation is 2. The van der Waals surface area contributed by atoms with Crippen LogP contribution in [-0.2, 0) is 19.3 Å². The van der Waals surface area contributed by atoms with Gasteiger partial charge in [0, 0.05) is 19.6 Å². The van der Waals surface area contributed by atoms with E-state index in [0.717, 1.165) is 11.1 Å². The SMILES string of the molecule is CCOC(CCS(=O)(=O)c1cc(C)ccc1C)OCC. The Labute approximate surface area is 122 Å². The van der Waals surface area contributed by atoms with Crippen molar-refractivity contribution in [3.63, 3.8) is 0 Å². The van der Waals surface area contributed by atoms with Crippen LogP contribution in [-0.4, -0.2) is 33.7 Å². The van der Waals surface area contributed by atoms with Gasteiger partial charge < -0.3 is 9.47 Å². The molecule has 0 spiro atoms. The van der Waals surface area contributed by atoms with Gasteiger partial charge in [0.05, 0.1) is 10.6 Å². The summed E-state index contributed by atoms with van der Waals surface area (Å²) in [6.45, 7) is 8.45. The predicted molar refractivity (Wildman–Crippen MR) is 79.6 cm³/mol. The molecule has 0 aliphatic rings. The molecule has 20 heavy (non-hydrogen) atoms. The molecule has 1 aromatic rings. The van der Waals surface area contributed by atoms with Crippen molar-refractivity contribution in [2.45, 2.75) is 45.3 Å². The van der Waals surface area contributed by atoms with E-state index in [4.69, 9.17) is 9.47 Å². The summed E-state index contributed by atoms with van der Waals surface area (Å²) >= 11 is 0. The van der Waals surface area contributed by atoms with Crippen molar-refractivity contribution in [1.82, 2.24) is 0 Å². The molecule has 0 saturated heterocycles. The monoisotopic (exact) mass is 300 g/mol. The molecule has 0 aliphatic heterocycles. The van der Waals surface area contributed by atoms with Gasteiger partial charge in [-0.05, 0) is 44.9 Å². The topological polar surface area (TPSA) is 52.6 Å². The van der Waals surface area contributed by atoms with E-state index in [2.05, 4.69) is 0 Å². The lowest BCUT2D eigenvalue weighted by Gasteiger charge is -2.17. The Balaban J connectivity index is 2.81. The zero-order valence-electron chi connectivity index (χ0n) is 12.7. The van der Waals surface area contributed by atoms with E-state index in [1.54, 1.807) is 6.07 Å². The third-order valence-corrected chi connectivity index (χ3v) is 4.89. The zero-order valence-corrected chi connectivity index (χ0v) is 13.5. The van der Waals surface area contributed by atoms with Crippen molar-refractivity contribution in [3.8, 4) is 0 Å². The molecule has 1 aromatic carbocycles. The lowest BCUT2D eigenvalue weighted by Crippen LogP contribution is -2.22. The van der Waals surface area contributed by atoms with Crippen LogP contribution >= 0.6 is 0 Å². The minimum absolute atomic E-state index is 0.0297. The fourth-order valence-corrected chi connectivity index (χ4v) is 3.64. The van der Waals surface area contributed by atoms with E-state index in [1.807, 2.05) is 39.8 Å². The first-order valence-electron chi connectivity index (χ1n) is 6.94. The molecule has 0 amide bonds. The fourth-order valence-electron chi connectivity index (χ4n) is 1.99. The quantitative estimate of drug-likeness (QED) is 0.693. The highest BCUT2D eigenvalue weighted by molar-refractivity contribution is 7.91. The van der Waals surface area contributed by atoms with Crippen molar-refractivity contribution in [2.75, 3.05) is 19.0 Å². The van der Waals surface area contributed by atoms with E-state index in [1.165, 1.54) is 0 Å². The first kappa shape index (κ1) is 17.1. The van der Waals surface area contributed by atoms with Gasteiger partial charge >= 0.3 is 0 Å². The number of rotatable bonds is 8. The van der Waals surface area contributed by atoms with Gasteiger partial charge in [0.25, 0.3) is 0 Å². The van der Waals surface area contributed by atoms with E-state index in [-0.39, 0.29) is 5.75 Å². The molecular weight excluding hydrogens is 276 g/mol. The summed E-state index contributed by atoms with van der Waals surface area (Å²) in [5, 5.41) is 0. The van der Waals surface area contributed by atoms with Crippen molar-refractivity contribution in [3.05, 3.63) is 29.3 Å². The molecule has 1 rings (SSSR count). The van der Waals surface area contributed by atoms with Crippen LogP contribution in [0.4, 0.5) is 0 Å². The van der Waals surface area contributed by atoms with Crippen molar-refractivity contribution < 1.29 is 17.9 Å². The predicted octanol–water partition coefficient (Wildman–Crippen LogP) is 2.87. The lowest BCUT2D eigenvalue weighted by molar-refractivity contribution is -0.136. The van der Waals surface area contributed by atoms with Gasteiger partial charge in [0.15, 0.2) is 16.1 Å². The molecule has 5 heteroatoms. The average Bonchev–Trinajstić information content (AvgIpc) is 2.39. The van der Waals surface area contributed by atoms with E-state index >= 15 is 0 Å². The maximum atomic E-state index is 12.4. The van der Waals surface area contributed by atoms with Crippen LogP contribution in [0.3, 0.4) is 0 Å². The van der Waals surface area contributed by atoms with Gasteiger partial charge in [-0.1, -0.05) is 12.1 Å². The highest BCUT2D eigenvalue weighted by Gasteiger charge is 2.20. The molecule has 0 radical (unpaired) electrons. The Kier molecular flexibility index (Phi) is 6.65. The maximum absolute atomic E-state index is 12.4. The second-order valence-electron chi connectivity index (χ2n) is 4.72. The normalized spacial score (nSPS) is 12.1. The minimum Gasteiger partial charge on any atom is -0.353 e. The standard InChI is InChI=1S/C15H24O4S/c1-5-18-15(19-6-2)9-10-20(16,17)14-11-12(3)7-8-13(14)4/h7-8,11,15H,5-6,9-10H2,1-4H3. The molecule has 0 unspecified atom stereocenters. The van der Waals surface area contributed by atoms with E-state index < -0.39 is 16.1 Å². The second kappa shape index (κ2) is 7.76. The van der Waals surface area contributed by atoms with Crippen LogP contribution in [0.25, 0.3) is 0 Å². The molecule has 0 atom stereocenters. The summed E-state index contributed by atoms with van der Waals surface area (Å²) in [7, 11) is -3.31. The molecule has 4 nitrogen and oxygen atoms in total. The van der Waals surface area contributed by atoms with Crippen LogP contribution in [0.15, 0.2) is 23.1 Å². The van der Waals surface area contributed by atoms with Gasteiger partial charge in [-0.3, -0.25) is 0 Å². The Morgan fingerprint density at radius 3 is 2.25 bits per heavy atom. The summed E-state index contributed by atoms with van der Waals surface area (Å²) in [6, 6.07) is 5.48. The number of ether oxygens (including phenoxy) is 2. The van der Waals surface area contributed by atoms with E-state index in [9.17, 15) is 8.42 Å². The van der Waals surface area contributed by atoms with Gasteiger partial charge in [0.2, 0.25) is 0 Å². The van der Waals surface area contributed by atoms with Crippen molar-refractivity contribution in [1.29, 1.82) is 0 Å². The minimum atomic E-state index is -3.31. The van der Waals surface area contributed by atoms with Crippen LogP contribution in [0.5, 0.6) is 0 Å². The van der Waals surface area contributed by atoms with Crippen LogP contribution in [0, 0.1) is 13.8 Å². The second-order valence-corrected chi connectivity index (χ2v) is 6.79. The Bertz CT molecular complexity index is 517. The maximum Gasteiger partial charge on any atom is 0.178 e. The Hall–Kier alpha value is -0.910. The van der Waals surface area contributed by atoms with Crippen molar-refractivity contribution >= 4 is 9.84 Å². The Morgan fingerprint density at radius 2 is 1.70 bits per heavy atom. The summed E-state index contributed by atoms with van der Waals surface area (Å²) in [6.07, 6.45) is -0.109. The molecule has 0 N–H and O–H groups in total. The number of hydrogen-bond acceptors (Lipinski definition) is 4. The highest BCUT2D eigenvalue weighted by Crippen LogP contribution is 2.19. The first-order chi connectivity index (χ1) is 9.40. The third kappa shape index (κ3) is 4.89. The molecule has 0 bridgehead atoms.